The van der Waals surface area contributed by atoms with Crippen molar-refractivity contribution >= 4 is 28.8 Å². The summed E-state index contributed by atoms with van der Waals surface area (Å²) in [6.07, 6.45) is 0.971. The number of esters is 1. The maximum Gasteiger partial charge on any atom is 0.336 e. The zero-order valence-corrected chi connectivity index (χ0v) is 17.4. The third-order valence-corrected chi connectivity index (χ3v) is 6.85. The van der Waals surface area contributed by atoms with E-state index in [4.69, 9.17) is 4.74 Å². The summed E-state index contributed by atoms with van der Waals surface area (Å²) in [7, 11) is 1.35. The number of thiophene rings is 1. The average Bonchev–Trinajstić information content (AvgIpc) is 3.12. The fourth-order valence-corrected chi connectivity index (χ4v) is 5.48. The van der Waals surface area contributed by atoms with Crippen molar-refractivity contribution in [2.75, 3.05) is 7.11 Å². The number of Topliss-reactive ketones (excluding diaryl/α,β-unsaturated/α-hetero) is 1. The minimum atomic E-state index is -0.456. The Morgan fingerprint density at radius 2 is 1.83 bits per heavy atom. The van der Waals surface area contributed by atoms with Gasteiger partial charge in [-0.3, -0.25) is 9.79 Å². The van der Waals surface area contributed by atoms with E-state index in [1.165, 1.54) is 19.2 Å². The monoisotopic (exact) mass is 411 g/mol. The number of aryl methyl sites for hydroxylation is 1. The van der Waals surface area contributed by atoms with Crippen molar-refractivity contribution in [3.63, 3.8) is 0 Å². The van der Waals surface area contributed by atoms with Gasteiger partial charge in [-0.15, -0.1) is 11.3 Å². The summed E-state index contributed by atoms with van der Waals surface area (Å²) in [6, 6.07) is 10.3. The lowest BCUT2D eigenvalue weighted by Crippen LogP contribution is -2.40. The Balaban J connectivity index is 1.77. The minimum Gasteiger partial charge on any atom is -0.466 e. The van der Waals surface area contributed by atoms with Crippen LogP contribution < -0.4 is 0 Å². The van der Waals surface area contributed by atoms with Crippen LogP contribution >= 0.6 is 11.3 Å². The van der Waals surface area contributed by atoms with Crippen LogP contribution in [0.2, 0.25) is 0 Å². The highest BCUT2D eigenvalue weighted by molar-refractivity contribution is 7.12. The lowest BCUT2D eigenvalue weighted by molar-refractivity contribution is -0.136. The summed E-state index contributed by atoms with van der Waals surface area (Å²) < 4.78 is 18.3. The molecule has 2 heterocycles. The Labute approximate surface area is 173 Å². The molecule has 1 aromatic heterocycles. The molecule has 2 aromatic rings. The van der Waals surface area contributed by atoms with Gasteiger partial charge in [0.25, 0.3) is 0 Å². The maximum absolute atomic E-state index is 13.3. The molecule has 3 atom stereocenters. The van der Waals surface area contributed by atoms with E-state index in [2.05, 4.69) is 4.99 Å². The van der Waals surface area contributed by atoms with Gasteiger partial charge in [-0.2, -0.15) is 0 Å². The molecule has 1 saturated carbocycles. The average molecular weight is 411 g/mol. The van der Waals surface area contributed by atoms with Crippen LogP contribution in [0, 0.1) is 18.7 Å². The zero-order chi connectivity index (χ0) is 20.7. The summed E-state index contributed by atoms with van der Waals surface area (Å²) in [4.78, 5) is 32.7. The van der Waals surface area contributed by atoms with Crippen LogP contribution in [0.4, 0.5) is 4.39 Å². The Bertz CT molecular complexity index is 1030. The second-order valence-corrected chi connectivity index (χ2v) is 8.94. The normalized spacial score (nSPS) is 24.2. The van der Waals surface area contributed by atoms with Gasteiger partial charge in [0.1, 0.15) is 11.6 Å². The van der Waals surface area contributed by atoms with Gasteiger partial charge in [-0.1, -0.05) is 12.1 Å². The van der Waals surface area contributed by atoms with E-state index >= 15 is 0 Å². The number of aliphatic imine (C=N–C) groups is 1. The molecule has 2 aliphatic rings. The summed E-state index contributed by atoms with van der Waals surface area (Å²) in [5.41, 5.74) is 2.81. The van der Waals surface area contributed by atoms with Crippen molar-refractivity contribution in [2.45, 2.75) is 38.5 Å². The largest absolute Gasteiger partial charge is 0.466 e. The van der Waals surface area contributed by atoms with E-state index in [0.717, 1.165) is 21.0 Å². The SMILES string of the molecule is COC(=O)C1=C(C)N=C2C[C@@H](c3ccc(F)cc3)CC(=O)C2[C@@H]1c1ccc(C)s1. The van der Waals surface area contributed by atoms with Gasteiger partial charge in [0.15, 0.2) is 0 Å². The molecule has 0 amide bonds. The molecular weight excluding hydrogens is 389 g/mol. The molecule has 150 valence electrons. The molecule has 6 heteroatoms. The highest BCUT2D eigenvalue weighted by Crippen LogP contribution is 2.47. The highest BCUT2D eigenvalue weighted by Gasteiger charge is 2.46. The first-order valence-electron chi connectivity index (χ1n) is 9.60. The molecule has 1 aliphatic carbocycles. The quantitative estimate of drug-likeness (QED) is 0.672. The van der Waals surface area contributed by atoms with Crippen LogP contribution in [-0.2, 0) is 14.3 Å². The van der Waals surface area contributed by atoms with Crippen molar-refractivity contribution in [1.29, 1.82) is 0 Å². The Kier molecular flexibility index (Phi) is 5.21. The third-order valence-electron chi connectivity index (χ3n) is 5.77. The lowest BCUT2D eigenvalue weighted by atomic mass is 9.67. The number of allylic oxidation sites excluding steroid dienone is 1. The number of benzene rings is 1. The molecule has 0 spiro atoms. The molecule has 0 saturated heterocycles. The van der Waals surface area contributed by atoms with Crippen LogP contribution in [-0.4, -0.2) is 24.6 Å². The van der Waals surface area contributed by atoms with E-state index in [1.807, 2.05) is 19.1 Å². The molecular formula is C23H22FNO3S. The van der Waals surface area contributed by atoms with Crippen LogP contribution in [0.5, 0.6) is 0 Å². The molecule has 1 unspecified atom stereocenters. The van der Waals surface area contributed by atoms with Crippen molar-refractivity contribution in [2.24, 2.45) is 10.9 Å². The van der Waals surface area contributed by atoms with Gasteiger partial charge in [-0.05, 0) is 56.0 Å². The number of ether oxygens (including phenoxy) is 1. The molecule has 0 radical (unpaired) electrons. The van der Waals surface area contributed by atoms with Crippen LogP contribution in [0.1, 0.15) is 46.9 Å². The topological polar surface area (TPSA) is 55.7 Å². The van der Waals surface area contributed by atoms with E-state index < -0.39 is 11.9 Å². The summed E-state index contributed by atoms with van der Waals surface area (Å²) in [5, 5.41) is 0. The van der Waals surface area contributed by atoms with Crippen LogP contribution in [0.15, 0.2) is 52.7 Å². The van der Waals surface area contributed by atoms with E-state index in [0.29, 0.717) is 24.1 Å². The lowest BCUT2D eigenvalue weighted by Gasteiger charge is -2.37. The molecule has 1 aliphatic heterocycles. The molecule has 0 bridgehead atoms. The first-order chi connectivity index (χ1) is 13.9. The van der Waals surface area contributed by atoms with E-state index in [-0.39, 0.29) is 23.4 Å². The number of nitrogens with zero attached hydrogens (tertiary/aromatic N) is 1. The Hall–Kier alpha value is -2.60. The predicted molar refractivity (Wildman–Crippen MR) is 111 cm³/mol. The van der Waals surface area contributed by atoms with Gasteiger partial charge >= 0.3 is 5.97 Å². The molecule has 4 rings (SSSR count). The third kappa shape index (κ3) is 3.57. The van der Waals surface area contributed by atoms with Crippen molar-refractivity contribution in [1.82, 2.24) is 0 Å². The molecule has 4 nitrogen and oxygen atoms in total. The van der Waals surface area contributed by atoms with Crippen LogP contribution in [0.25, 0.3) is 0 Å². The van der Waals surface area contributed by atoms with Crippen molar-refractivity contribution < 1.29 is 18.7 Å². The number of fused-ring (bicyclic) bond motifs is 1. The number of methoxy groups -OCH3 is 1. The van der Waals surface area contributed by atoms with Crippen molar-refractivity contribution in [3.05, 3.63) is 68.8 Å². The first-order valence-corrected chi connectivity index (χ1v) is 10.4. The smallest absolute Gasteiger partial charge is 0.336 e. The van der Waals surface area contributed by atoms with Gasteiger partial charge in [0.2, 0.25) is 0 Å². The fourth-order valence-electron chi connectivity index (χ4n) is 4.45. The number of halogens is 1. The number of hydrogen-bond donors (Lipinski definition) is 0. The molecule has 29 heavy (non-hydrogen) atoms. The second kappa shape index (κ2) is 7.67. The molecule has 1 fully saturated rings. The van der Waals surface area contributed by atoms with Gasteiger partial charge in [0, 0.05) is 33.5 Å². The fraction of sp³-hybridized carbons (Fsp3) is 0.348. The van der Waals surface area contributed by atoms with Gasteiger partial charge in [0.05, 0.1) is 18.6 Å². The van der Waals surface area contributed by atoms with Crippen LogP contribution in [0.3, 0.4) is 0 Å². The van der Waals surface area contributed by atoms with E-state index in [9.17, 15) is 14.0 Å². The molecule has 0 N–H and O–H groups in total. The van der Waals surface area contributed by atoms with Gasteiger partial charge < -0.3 is 4.74 Å². The minimum absolute atomic E-state index is 0.0312. The predicted octanol–water partition coefficient (Wildman–Crippen LogP) is 4.94. The summed E-state index contributed by atoms with van der Waals surface area (Å²) in [6.45, 7) is 3.81. The van der Waals surface area contributed by atoms with Crippen molar-refractivity contribution in [3.8, 4) is 0 Å². The number of carbonyl (C=O) groups excluding carboxylic acids is 2. The number of hydrogen-bond acceptors (Lipinski definition) is 5. The summed E-state index contributed by atoms with van der Waals surface area (Å²) >= 11 is 1.59. The number of ketones is 1. The standard InChI is InChI=1S/C23H22FNO3S/c1-12-4-9-19(29-12)22-20(23(27)28-3)13(2)25-17-10-15(11-18(26)21(17)22)14-5-7-16(24)8-6-14/h4-9,15,21-22H,10-11H2,1-3H3/t15-,21?,22-/m1/s1. The summed E-state index contributed by atoms with van der Waals surface area (Å²) in [5.74, 6) is -1.52. The second-order valence-electron chi connectivity index (χ2n) is 7.62. The molecule has 1 aromatic carbocycles. The zero-order valence-electron chi connectivity index (χ0n) is 16.6. The first kappa shape index (κ1) is 19.7. The maximum atomic E-state index is 13.3. The Morgan fingerprint density at radius 3 is 2.45 bits per heavy atom. The van der Waals surface area contributed by atoms with Gasteiger partial charge in [-0.25, -0.2) is 9.18 Å². The number of carbonyl (C=O) groups is 2. The van der Waals surface area contributed by atoms with E-state index in [1.54, 1.807) is 30.4 Å². The Morgan fingerprint density at radius 1 is 1.10 bits per heavy atom. The highest BCUT2D eigenvalue weighted by atomic mass is 32.1. The number of rotatable bonds is 3.